The second kappa shape index (κ2) is 10.9. The molecule has 1 amide bonds. The minimum atomic E-state index is -0.241. The van der Waals surface area contributed by atoms with Crippen molar-refractivity contribution in [1.82, 2.24) is 0 Å². The molecule has 4 nitrogen and oxygen atoms in total. The second-order valence-electron chi connectivity index (χ2n) is 9.35. The molecule has 3 aromatic rings. The maximum absolute atomic E-state index is 13.5. The third-order valence-corrected chi connectivity index (χ3v) is 9.22. The van der Waals surface area contributed by atoms with Crippen LogP contribution in [0.25, 0.3) is 0 Å². The number of piperidine rings is 3. The van der Waals surface area contributed by atoms with Crippen LogP contribution in [-0.4, -0.2) is 36.3 Å². The predicted octanol–water partition coefficient (Wildman–Crippen LogP) is 4.03. The summed E-state index contributed by atoms with van der Waals surface area (Å²) in [6.07, 6.45) is 1.97. The number of hydrogen-bond acceptors (Lipinski definition) is 3. The van der Waals surface area contributed by atoms with Gasteiger partial charge >= 0.3 is 6.09 Å². The van der Waals surface area contributed by atoms with E-state index in [1.54, 1.807) is 16.2 Å². The molecule has 3 fully saturated rings. The molecule has 3 aliphatic rings. The molecular weight excluding hydrogens is 576 g/mol. The summed E-state index contributed by atoms with van der Waals surface area (Å²) in [6, 6.07) is 23.1. The molecule has 2 bridgehead atoms. The zero-order valence-corrected chi connectivity index (χ0v) is 23.3. The van der Waals surface area contributed by atoms with Crippen molar-refractivity contribution in [2.75, 3.05) is 24.5 Å². The zero-order chi connectivity index (χ0) is 22.8. The Morgan fingerprint density at radius 2 is 1.76 bits per heavy atom. The van der Waals surface area contributed by atoms with E-state index in [-0.39, 0.29) is 29.2 Å². The molecule has 0 aliphatic carbocycles. The highest BCUT2D eigenvalue weighted by Crippen LogP contribution is 2.42. The Morgan fingerprint density at radius 3 is 2.38 bits per heavy atom. The lowest BCUT2D eigenvalue weighted by molar-refractivity contribution is -0.972. The number of ether oxygens (including phenoxy) is 1. The van der Waals surface area contributed by atoms with Crippen LogP contribution in [0.15, 0.2) is 76.6 Å². The Hall–Kier alpha value is -1.67. The molecule has 0 N–H and O–H groups in total. The van der Waals surface area contributed by atoms with Gasteiger partial charge in [-0.05, 0) is 41.1 Å². The first-order valence-corrected chi connectivity index (χ1v) is 13.4. The van der Waals surface area contributed by atoms with Gasteiger partial charge in [0, 0.05) is 44.7 Å². The van der Waals surface area contributed by atoms with E-state index in [4.69, 9.17) is 4.74 Å². The largest absolute Gasteiger partial charge is 1.00 e. The van der Waals surface area contributed by atoms with Crippen LogP contribution in [0.5, 0.6) is 0 Å². The van der Waals surface area contributed by atoms with Gasteiger partial charge in [0.25, 0.3) is 0 Å². The van der Waals surface area contributed by atoms with Crippen molar-refractivity contribution in [3.63, 3.8) is 0 Å². The van der Waals surface area contributed by atoms with Gasteiger partial charge in [-0.1, -0.05) is 48.5 Å². The van der Waals surface area contributed by atoms with Crippen molar-refractivity contribution >= 4 is 39.0 Å². The molecule has 7 heteroatoms. The van der Waals surface area contributed by atoms with E-state index in [0.29, 0.717) is 18.5 Å². The lowest BCUT2D eigenvalue weighted by Gasteiger charge is -2.55. The van der Waals surface area contributed by atoms with Gasteiger partial charge in [-0.3, -0.25) is 4.90 Å². The van der Waals surface area contributed by atoms with E-state index in [0.717, 1.165) is 38.9 Å². The van der Waals surface area contributed by atoms with Crippen LogP contribution >= 0.6 is 27.3 Å². The summed E-state index contributed by atoms with van der Waals surface area (Å²) < 4.78 is 8.36. The molecule has 4 heterocycles. The van der Waals surface area contributed by atoms with Crippen molar-refractivity contribution in [2.45, 2.75) is 38.5 Å². The van der Waals surface area contributed by atoms with E-state index in [1.807, 2.05) is 30.3 Å². The summed E-state index contributed by atoms with van der Waals surface area (Å²) in [6.45, 7) is 6.09. The van der Waals surface area contributed by atoms with Gasteiger partial charge in [-0.15, -0.1) is 11.3 Å². The number of thiophene rings is 1. The lowest BCUT2D eigenvalue weighted by Crippen LogP contribution is -3.00. The Balaban J connectivity index is 0.00000274. The van der Waals surface area contributed by atoms with E-state index < -0.39 is 0 Å². The highest BCUT2D eigenvalue weighted by atomic mass is 79.9. The van der Waals surface area contributed by atoms with Crippen molar-refractivity contribution in [3.05, 3.63) is 87.0 Å². The van der Waals surface area contributed by atoms with Gasteiger partial charge in [0.05, 0.1) is 19.6 Å². The first-order valence-electron chi connectivity index (χ1n) is 11.7. The number of hydrogen-bond donors (Lipinski definition) is 0. The maximum Gasteiger partial charge on any atom is 0.415 e. The molecule has 34 heavy (non-hydrogen) atoms. The van der Waals surface area contributed by atoms with Gasteiger partial charge in [0.2, 0.25) is 0 Å². The van der Waals surface area contributed by atoms with Gasteiger partial charge < -0.3 is 26.2 Å². The molecule has 0 radical (unpaired) electrons. The molecule has 180 valence electrons. The molecule has 1 unspecified atom stereocenters. The first kappa shape index (κ1) is 25.4. The zero-order valence-electron chi connectivity index (χ0n) is 19.3. The summed E-state index contributed by atoms with van der Waals surface area (Å²) >= 11 is 5.18. The SMILES string of the molecule is CC(c1ccccc1)[N+]12CCC(CC1)[C@@H](OC(=O)N(Cc1cc(Br)cs1)c1ccccc1)C2.[Br-]. The maximum atomic E-state index is 13.5. The average Bonchev–Trinajstić information content (AvgIpc) is 3.28. The van der Waals surface area contributed by atoms with Gasteiger partial charge in [-0.25, -0.2) is 4.79 Å². The predicted molar refractivity (Wildman–Crippen MR) is 137 cm³/mol. The molecule has 3 aliphatic heterocycles. The van der Waals surface area contributed by atoms with Crippen LogP contribution in [0.2, 0.25) is 0 Å². The Labute approximate surface area is 225 Å². The minimum absolute atomic E-state index is 0. The fourth-order valence-corrected chi connectivity index (χ4v) is 6.98. The van der Waals surface area contributed by atoms with E-state index in [9.17, 15) is 4.79 Å². The number of quaternary nitrogens is 1. The summed E-state index contributed by atoms with van der Waals surface area (Å²) in [5.74, 6) is 0.463. The number of anilines is 1. The Kier molecular flexibility index (Phi) is 8.18. The van der Waals surface area contributed by atoms with Gasteiger partial charge in [0.15, 0.2) is 6.10 Å². The van der Waals surface area contributed by atoms with Crippen molar-refractivity contribution in [3.8, 4) is 0 Å². The number of fused-ring (bicyclic) bond motifs is 3. The fraction of sp³-hybridized carbons (Fsp3) is 0.370. The number of carbonyl (C=O) groups excluding carboxylic acids is 1. The van der Waals surface area contributed by atoms with E-state index in [1.165, 1.54) is 18.7 Å². The summed E-state index contributed by atoms with van der Waals surface area (Å²) in [7, 11) is 0. The highest BCUT2D eigenvalue weighted by Gasteiger charge is 2.50. The van der Waals surface area contributed by atoms with Crippen LogP contribution < -0.4 is 21.9 Å². The smallest absolute Gasteiger partial charge is 0.415 e. The third kappa shape index (κ3) is 5.27. The number of para-hydroxylation sites is 1. The summed E-state index contributed by atoms with van der Waals surface area (Å²) in [5, 5.41) is 2.05. The topological polar surface area (TPSA) is 29.5 Å². The molecule has 0 saturated carbocycles. The molecule has 1 aromatic heterocycles. The number of rotatable bonds is 6. The standard InChI is InChI=1S/C27H30BrN2O2S.BrH/c1-20(21-8-4-2-5-9-21)30-14-12-22(13-15-30)26(18-30)32-27(31)29(24-10-6-3-7-11-24)17-25-16-23(28)19-33-25;/h2-11,16,19-20,22,26H,12-15,17-18H2,1H3;1H/q+1;/p-1/t20?,22?,26-,30?;/m0./s1. The monoisotopic (exact) mass is 604 g/mol. The molecule has 0 spiro atoms. The lowest BCUT2D eigenvalue weighted by atomic mass is 9.81. The third-order valence-electron chi connectivity index (χ3n) is 7.54. The van der Waals surface area contributed by atoms with Crippen LogP contribution in [-0.2, 0) is 11.3 Å². The molecule has 2 atom stereocenters. The fourth-order valence-electron chi connectivity index (χ4n) is 5.55. The van der Waals surface area contributed by atoms with Gasteiger partial charge in [-0.2, -0.15) is 0 Å². The number of nitrogens with zero attached hydrogens (tertiary/aromatic N) is 2. The quantitative estimate of drug-likeness (QED) is 0.397. The van der Waals surface area contributed by atoms with Crippen LogP contribution in [0.1, 0.15) is 36.2 Å². The first-order chi connectivity index (χ1) is 16.0. The average molecular weight is 606 g/mol. The van der Waals surface area contributed by atoms with E-state index in [2.05, 4.69) is 64.6 Å². The van der Waals surface area contributed by atoms with Crippen molar-refractivity contribution in [2.24, 2.45) is 5.92 Å². The van der Waals surface area contributed by atoms with Crippen LogP contribution in [0, 0.1) is 5.92 Å². The second-order valence-corrected chi connectivity index (χ2v) is 11.3. The number of benzene rings is 2. The molecular formula is C27H30Br2N2O2S. The van der Waals surface area contributed by atoms with Crippen molar-refractivity contribution < 1.29 is 31.0 Å². The molecule has 3 saturated heterocycles. The normalized spacial score (nSPS) is 24.2. The van der Waals surface area contributed by atoms with Gasteiger partial charge in [0.1, 0.15) is 12.6 Å². The summed E-state index contributed by atoms with van der Waals surface area (Å²) in [4.78, 5) is 16.4. The minimum Gasteiger partial charge on any atom is -1.00 e. The summed E-state index contributed by atoms with van der Waals surface area (Å²) in [5.41, 5.74) is 2.24. The van der Waals surface area contributed by atoms with Crippen LogP contribution in [0.3, 0.4) is 0 Å². The number of amides is 1. The van der Waals surface area contributed by atoms with Crippen LogP contribution in [0.4, 0.5) is 10.5 Å². The number of halogens is 2. The highest BCUT2D eigenvalue weighted by molar-refractivity contribution is 9.10. The Bertz CT molecular complexity index is 1080. The Morgan fingerprint density at radius 1 is 1.12 bits per heavy atom. The van der Waals surface area contributed by atoms with Crippen molar-refractivity contribution in [1.29, 1.82) is 0 Å². The number of carbonyl (C=O) groups is 1. The molecule has 6 rings (SSSR count). The van der Waals surface area contributed by atoms with E-state index >= 15 is 0 Å². The molecule has 2 aromatic carbocycles.